The normalized spacial score (nSPS) is 18.4. The lowest BCUT2D eigenvalue weighted by Crippen LogP contribution is -2.50. The van der Waals surface area contributed by atoms with Crippen molar-refractivity contribution in [2.75, 3.05) is 26.7 Å². The third kappa shape index (κ3) is 5.71. The van der Waals surface area contributed by atoms with Crippen LogP contribution in [-0.4, -0.2) is 75.6 Å². The molecule has 1 aliphatic rings. The van der Waals surface area contributed by atoms with Crippen molar-refractivity contribution in [3.05, 3.63) is 78.2 Å². The molecule has 0 fully saturated rings. The van der Waals surface area contributed by atoms with E-state index in [1.165, 1.54) is 0 Å². The first-order valence-electron chi connectivity index (χ1n) is 12.1. The van der Waals surface area contributed by atoms with Gasteiger partial charge >= 0.3 is 0 Å². The monoisotopic (exact) mass is 488 g/mol. The van der Waals surface area contributed by atoms with Gasteiger partial charge in [-0.05, 0) is 30.2 Å². The molecule has 1 N–H and O–H groups in total. The second-order valence-electron chi connectivity index (χ2n) is 9.38. The summed E-state index contributed by atoms with van der Waals surface area (Å²) in [6, 6.07) is 14.8. The van der Waals surface area contributed by atoms with Gasteiger partial charge in [0.15, 0.2) is 0 Å². The quantitative estimate of drug-likeness (QED) is 0.549. The highest BCUT2D eigenvalue weighted by molar-refractivity contribution is 5.98. The molecule has 1 aliphatic heterocycles. The van der Waals surface area contributed by atoms with Crippen LogP contribution in [0.2, 0.25) is 0 Å². The van der Waals surface area contributed by atoms with Gasteiger partial charge in [0.05, 0.1) is 25.6 Å². The number of amides is 2. The Labute approximate surface area is 211 Å². The highest BCUT2D eigenvalue weighted by Crippen LogP contribution is 2.30. The molecule has 3 heterocycles. The standard InChI is InChI=1S/C28H32N4O4/c1-19-16-32(20(2)18-33)28(35)24-13-23(22-9-5-4-6-10-22)15-30-27(24)36-25(19)17-31(3)26(34)12-21-8-7-11-29-14-21/h4-11,13-15,19-20,25,33H,12,16-18H2,1-3H3/t19-,20+,25-/m1/s1. The number of carbonyl (C=O) groups excluding carboxylic acids is 2. The highest BCUT2D eigenvalue weighted by Gasteiger charge is 2.34. The molecular formula is C28H32N4O4. The number of rotatable bonds is 7. The van der Waals surface area contributed by atoms with Gasteiger partial charge in [-0.3, -0.25) is 14.6 Å². The van der Waals surface area contributed by atoms with E-state index in [0.717, 1.165) is 16.7 Å². The van der Waals surface area contributed by atoms with E-state index in [0.29, 0.717) is 18.7 Å². The van der Waals surface area contributed by atoms with Gasteiger partial charge in [0.25, 0.3) is 5.91 Å². The van der Waals surface area contributed by atoms with Crippen LogP contribution in [0.25, 0.3) is 11.1 Å². The molecule has 0 unspecified atom stereocenters. The Morgan fingerprint density at radius 1 is 1.19 bits per heavy atom. The first-order chi connectivity index (χ1) is 17.4. The molecule has 0 bridgehead atoms. The van der Waals surface area contributed by atoms with Crippen LogP contribution >= 0.6 is 0 Å². The number of aromatic nitrogens is 2. The zero-order valence-electron chi connectivity index (χ0n) is 20.9. The van der Waals surface area contributed by atoms with Crippen LogP contribution in [0.5, 0.6) is 5.88 Å². The van der Waals surface area contributed by atoms with E-state index in [2.05, 4.69) is 9.97 Å². The van der Waals surface area contributed by atoms with Crippen molar-refractivity contribution in [3.8, 4) is 17.0 Å². The number of benzene rings is 1. The number of nitrogens with zero attached hydrogens (tertiary/aromatic N) is 4. The third-order valence-corrected chi connectivity index (χ3v) is 6.59. The summed E-state index contributed by atoms with van der Waals surface area (Å²) in [4.78, 5) is 38.4. The molecule has 0 saturated heterocycles. The van der Waals surface area contributed by atoms with Crippen molar-refractivity contribution in [1.82, 2.24) is 19.8 Å². The number of carbonyl (C=O) groups is 2. The maximum atomic E-state index is 13.6. The number of pyridine rings is 2. The van der Waals surface area contributed by atoms with Crippen molar-refractivity contribution in [1.29, 1.82) is 0 Å². The summed E-state index contributed by atoms with van der Waals surface area (Å²) in [5.74, 6) is -0.159. The van der Waals surface area contributed by atoms with Gasteiger partial charge in [-0.25, -0.2) is 4.98 Å². The fraction of sp³-hybridized carbons (Fsp3) is 0.357. The summed E-state index contributed by atoms with van der Waals surface area (Å²) in [5.41, 5.74) is 2.93. The molecule has 8 nitrogen and oxygen atoms in total. The fourth-order valence-corrected chi connectivity index (χ4v) is 4.29. The summed E-state index contributed by atoms with van der Waals surface area (Å²) in [7, 11) is 1.75. The van der Waals surface area contributed by atoms with Crippen LogP contribution in [0.4, 0.5) is 0 Å². The SMILES string of the molecule is C[C@@H]1CN([C@@H](C)CO)C(=O)c2cc(-c3ccccc3)cnc2O[C@@H]1CN(C)C(=O)Cc1cccnc1. The Kier molecular flexibility index (Phi) is 7.95. The maximum absolute atomic E-state index is 13.6. The smallest absolute Gasteiger partial charge is 0.259 e. The molecule has 0 radical (unpaired) electrons. The number of hydrogen-bond acceptors (Lipinski definition) is 6. The van der Waals surface area contributed by atoms with E-state index < -0.39 is 6.10 Å². The average Bonchev–Trinajstić information content (AvgIpc) is 2.91. The minimum absolute atomic E-state index is 0.0508. The van der Waals surface area contributed by atoms with E-state index in [9.17, 15) is 14.7 Å². The first kappa shape index (κ1) is 25.3. The van der Waals surface area contributed by atoms with Gasteiger partial charge in [-0.2, -0.15) is 0 Å². The van der Waals surface area contributed by atoms with Crippen LogP contribution in [0.15, 0.2) is 67.1 Å². The molecular weight excluding hydrogens is 456 g/mol. The number of aliphatic hydroxyl groups is 1. The number of hydrogen-bond donors (Lipinski definition) is 1. The summed E-state index contributed by atoms with van der Waals surface area (Å²) < 4.78 is 6.32. The van der Waals surface area contributed by atoms with Crippen LogP contribution in [0.1, 0.15) is 29.8 Å². The second kappa shape index (κ2) is 11.3. The maximum Gasteiger partial charge on any atom is 0.259 e. The Hall–Kier alpha value is -3.78. The topological polar surface area (TPSA) is 95.9 Å². The van der Waals surface area contributed by atoms with Gasteiger partial charge < -0.3 is 19.6 Å². The highest BCUT2D eigenvalue weighted by atomic mass is 16.5. The number of aliphatic hydroxyl groups excluding tert-OH is 1. The molecule has 2 amide bonds. The summed E-state index contributed by atoms with van der Waals surface area (Å²) in [6.07, 6.45) is 4.90. The Morgan fingerprint density at radius 2 is 1.97 bits per heavy atom. The lowest BCUT2D eigenvalue weighted by Gasteiger charge is -2.37. The molecule has 3 atom stereocenters. The van der Waals surface area contributed by atoms with Gasteiger partial charge in [0.2, 0.25) is 11.8 Å². The molecule has 36 heavy (non-hydrogen) atoms. The van der Waals surface area contributed by atoms with E-state index in [-0.39, 0.29) is 42.7 Å². The minimum atomic E-state index is -0.400. The molecule has 0 spiro atoms. The predicted octanol–water partition coefficient (Wildman–Crippen LogP) is 3.06. The van der Waals surface area contributed by atoms with E-state index in [1.54, 1.807) is 41.5 Å². The van der Waals surface area contributed by atoms with Gasteiger partial charge in [0, 0.05) is 43.7 Å². The Morgan fingerprint density at radius 3 is 2.67 bits per heavy atom. The lowest BCUT2D eigenvalue weighted by atomic mass is 9.99. The molecule has 3 aromatic rings. The van der Waals surface area contributed by atoms with Crippen LogP contribution in [-0.2, 0) is 11.2 Å². The molecule has 2 aromatic heterocycles. The largest absolute Gasteiger partial charge is 0.472 e. The molecule has 0 aliphatic carbocycles. The zero-order valence-corrected chi connectivity index (χ0v) is 20.9. The summed E-state index contributed by atoms with van der Waals surface area (Å²) in [6.45, 7) is 4.36. The Bertz CT molecular complexity index is 1190. The van der Waals surface area contributed by atoms with Crippen molar-refractivity contribution in [3.63, 3.8) is 0 Å². The van der Waals surface area contributed by atoms with Crippen LogP contribution < -0.4 is 4.74 Å². The second-order valence-corrected chi connectivity index (χ2v) is 9.38. The minimum Gasteiger partial charge on any atom is -0.472 e. The van der Waals surface area contributed by atoms with Gasteiger partial charge in [0.1, 0.15) is 11.7 Å². The number of likely N-dealkylation sites (N-methyl/N-ethyl adjacent to an activating group) is 1. The van der Waals surface area contributed by atoms with Crippen LogP contribution in [0, 0.1) is 5.92 Å². The summed E-state index contributed by atoms with van der Waals surface area (Å²) in [5, 5.41) is 9.86. The summed E-state index contributed by atoms with van der Waals surface area (Å²) >= 11 is 0. The van der Waals surface area contributed by atoms with Crippen LogP contribution in [0.3, 0.4) is 0 Å². The van der Waals surface area contributed by atoms with Crippen molar-refractivity contribution >= 4 is 11.8 Å². The van der Waals surface area contributed by atoms with Crippen molar-refractivity contribution in [2.45, 2.75) is 32.4 Å². The Balaban J connectivity index is 1.62. The van der Waals surface area contributed by atoms with Gasteiger partial charge in [-0.15, -0.1) is 0 Å². The number of ether oxygens (including phenoxy) is 1. The van der Waals surface area contributed by atoms with Gasteiger partial charge in [-0.1, -0.05) is 43.3 Å². The predicted molar refractivity (Wildman–Crippen MR) is 136 cm³/mol. The number of fused-ring (bicyclic) bond motifs is 1. The fourth-order valence-electron chi connectivity index (χ4n) is 4.29. The first-order valence-corrected chi connectivity index (χ1v) is 12.1. The van der Waals surface area contributed by atoms with Crippen molar-refractivity contribution < 1.29 is 19.4 Å². The molecule has 8 heteroatoms. The lowest BCUT2D eigenvalue weighted by molar-refractivity contribution is -0.130. The molecule has 1 aromatic carbocycles. The zero-order chi connectivity index (χ0) is 25.7. The van der Waals surface area contributed by atoms with E-state index in [1.807, 2.05) is 56.3 Å². The molecule has 4 rings (SSSR count). The van der Waals surface area contributed by atoms with E-state index >= 15 is 0 Å². The van der Waals surface area contributed by atoms with E-state index in [4.69, 9.17) is 4.74 Å². The van der Waals surface area contributed by atoms with Crippen molar-refractivity contribution in [2.24, 2.45) is 5.92 Å². The molecule has 188 valence electrons. The average molecular weight is 489 g/mol. The third-order valence-electron chi connectivity index (χ3n) is 6.59. The molecule has 0 saturated carbocycles.